The summed E-state index contributed by atoms with van der Waals surface area (Å²) in [5.74, 6) is 0. The molecular formula is C9H9NO2. The first-order valence-corrected chi connectivity index (χ1v) is 3.62. The maximum absolute atomic E-state index is 11.0. The standard InChI is InChI=1S/C9H9NO2/c11-7-2-1-4-8-5-3-6-10-9(8)12/h1,3-7H,2H2,(H,10,12). The van der Waals surface area contributed by atoms with E-state index in [-0.39, 0.29) is 5.56 Å². The van der Waals surface area contributed by atoms with E-state index in [0.29, 0.717) is 12.0 Å². The van der Waals surface area contributed by atoms with E-state index in [0.717, 1.165) is 6.29 Å². The molecule has 0 aliphatic carbocycles. The zero-order valence-corrected chi connectivity index (χ0v) is 6.49. The zero-order valence-electron chi connectivity index (χ0n) is 6.49. The van der Waals surface area contributed by atoms with Crippen LogP contribution in [0.4, 0.5) is 0 Å². The van der Waals surface area contributed by atoms with Gasteiger partial charge in [0, 0.05) is 18.2 Å². The fraction of sp³-hybridized carbons (Fsp3) is 0.111. The molecule has 0 radical (unpaired) electrons. The lowest BCUT2D eigenvalue weighted by atomic mass is 10.2. The molecule has 0 spiro atoms. The predicted molar refractivity (Wildman–Crippen MR) is 46.8 cm³/mol. The van der Waals surface area contributed by atoms with Gasteiger partial charge in [0.25, 0.3) is 5.56 Å². The van der Waals surface area contributed by atoms with Gasteiger partial charge in [-0.05, 0) is 12.1 Å². The molecule has 0 saturated carbocycles. The number of hydrogen-bond donors (Lipinski definition) is 1. The first kappa shape index (κ1) is 8.46. The van der Waals surface area contributed by atoms with Crippen LogP contribution in [0.25, 0.3) is 6.08 Å². The Bertz CT molecular complexity index is 338. The Kier molecular flexibility index (Phi) is 3.02. The maximum Gasteiger partial charge on any atom is 0.255 e. The topological polar surface area (TPSA) is 49.9 Å². The van der Waals surface area contributed by atoms with E-state index in [2.05, 4.69) is 4.98 Å². The highest BCUT2D eigenvalue weighted by molar-refractivity contribution is 5.57. The van der Waals surface area contributed by atoms with Crippen molar-refractivity contribution in [3.63, 3.8) is 0 Å². The number of carbonyl (C=O) groups is 1. The van der Waals surface area contributed by atoms with Crippen molar-refractivity contribution in [3.05, 3.63) is 40.3 Å². The molecule has 0 bridgehead atoms. The number of nitrogens with one attached hydrogen (secondary N) is 1. The van der Waals surface area contributed by atoms with Gasteiger partial charge in [-0.3, -0.25) is 4.79 Å². The smallest absolute Gasteiger partial charge is 0.255 e. The van der Waals surface area contributed by atoms with Crippen LogP contribution in [0, 0.1) is 0 Å². The highest BCUT2D eigenvalue weighted by Gasteiger charge is 1.89. The number of carbonyl (C=O) groups excluding carboxylic acids is 1. The Morgan fingerprint density at radius 2 is 2.33 bits per heavy atom. The van der Waals surface area contributed by atoms with Gasteiger partial charge in [-0.2, -0.15) is 0 Å². The molecule has 0 amide bonds. The first-order valence-electron chi connectivity index (χ1n) is 3.62. The van der Waals surface area contributed by atoms with E-state index in [4.69, 9.17) is 0 Å². The van der Waals surface area contributed by atoms with E-state index < -0.39 is 0 Å². The number of H-pyrrole nitrogens is 1. The van der Waals surface area contributed by atoms with Crippen molar-refractivity contribution >= 4 is 12.4 Å². The molecule has 0 unspecified atom stereocenters. The van der Waals surface area contributed by atoms with E-state index in [1.54, 1.807) is 30.5 Å². The molecule has 0 aromatic carbocycles. The number of rotatable bonds is 3. The van der Waals surface area contributed by atoms with Gasteiger partial charge in [-0.1, -0.05) is 12.2 Å². The second-order valence-electron chi connectivity index (χ2n) is 2.26. The van der Waals surface area contributed by atoms with Crippen LogP contribution in [0.1, 0.15) is 12.0 Å². The van der Waals surface area contributed by atoms with Gasteiger partial charge in [0.1, 0.15) is 6.29 Å². The van der Waals surface area contributed by atoms with E-state index in [1.165, 1.54) is 0 Å². The van der Waals surface area contributed by atoms with Crippen LogP contribution >= 0.6 is 0 Å². The fourth-order valence-corrected chi connectivity index (χ4v) is 0.816. The third-order valence-corrected chi connectivity index (χ3v) is 1.38. The minimum atomic E-state index is -0.139. The lowest BCUT2D eigenvalue weighted by Gasteiger charge is -1.88. The Morgan fingerprint density at radius 1 is 1.50 bits per heavy atom. The number of aromatic amines is 1. The molecule has 1 rings (SSSR count). The fourth-order valence-electron chi connectivity index (χ4n) is 0.816. The van der Waals surface area contributed by atoms with Crippen molar-refractivity contribution in [1.82, 2.24) is 4.98 Å². The van der Waals surface area contributed by atoms with Crippen LogP contribution in [0.5, 0.6) is 0 Å². The number of pyridine rings is 1. The minimum absolute atomic E-state index is 0.139. The van der Waals surface area contributed by atoms with Gasteiger partial charge in [-0.15, -0.1) is 0 Å². The molecule has 3 heteroatoms. The second kappa shape index (κ2) is 4.28. The molecule has 0 aliphatic rings. The van der Waals surface area contributed by atoms with Crippen molar-refractivity contribution in [3.8, 4) is 0 Å². The van der Waals surface area contributed by atoms with Gasteiger partial charge in [0.2, 0.25) is 0 Å². The SMILES string of the molecule is O=CCC=Cc1ccc[nH]c1=O. The molecule has 0 fully saturated rings. The molecule has 12 heavy (non-hydrogen) atoms. The lowest BCUT2D eigenvalue weighted by Crippen LogP contribution is -2.06. The van der Waals surface area contributed by atoms with Crippen LogP contribution in [-0.4, -0.2) is 11.3 Å². The molecule has 3 nitrogen and oxygen atoms in total. The van der Waals surface area contributed by atoms with Crippen molar-refractivity contribution in [2.24, 2.45) is 0 Å². The van der Waals surface area contributed by atoms with Crippen LogP contribution in [0.3, 0.4) is 0 Å². The van der Waals surface area contributed by atoms with Crippen LogP contribution in [0.15, 0.2) is 29.2 Å². The van der Waals surface area contributed by atoms with Crippen LogP contribution in [-0.2, 0) is 4.79 Å². The Labute approximate surface area is 69.7 Å². The highest BCUT2D eigenvalue weighted by Crippen LogP contribution is 1.93. The van der Waals surface area contributed by atoms with Crippen molar-refractivity contribution in [2.45, 2.75) is 6.42 Å². The summed E-state index contributed by atoms with van der Waals surface area (Å²) in [6, 6.07) is 3.43. The summed E-state index contributed by atoms with van der Waals surface area (Å²) in [6.45, 7) is 0. The minimum Gasteiger partial charge on any atom is -0.329 e. The normalized spacial score (nSPS) is 10.3. The number of allylic oxidation sites excluding steroid dienone is 1. The van der Waals surface area contributed by atoms with Crippen LogP contribution in [0.2, 0.25) is 0 Å². The van der Waals surface area contributed by atoms with Crippen molar-refractivity contribution in [1.29, 1.82) is 0 Å². The monoisotopic (exact) mass is 163 g/mol. The summed E-state index contributed by atoms with van der Waals surface area (Å²) < 4.78 is 0. The average molecular weight is 163 g/mol. The van der Waals surface area contributed by atoms with E-state index in [1.807, 2.05) is 0 Å². The van der Waals surface area contributed by atoms with Crippen molar-refractivity contribution in [2.75, 3.05) is 0 Å². The summed E-state index contributed by atoms with van der Waals surface area (Å²) in [6.07, 6.45) is 5.98. The highest BCUT2D eigenvalue weighted by atomic mass is 16.1. The summed E-state index contributed by atoms with van der Waals surface area (Å²) in [5, 5.41) is 0. The van der Waals surface area contributed by atoms with Gasteiger partial charge in [0.15, 0.2) is 0 Å². The molecule has 1 aromatic rings. The number of aromatic nitrogens is 1. The molecule has 1 N–H and O–H groups in total. The Balaban J connectivity index is 2.82. The van der Waals surface area contributed by atoms with Gasteiger partial charge >= 0.3 is 0 Å². The molecule has 0 atom stereocenters. The summed E-state index contributed by atoms with van der Waals surface area (Å²) >= 11 is 0. The Hall–Kier alpha value is -1.64. The largest absolute Gasteiger partial charge is 0.329 e. The number of aldehydes is 1. The maximum atomic E-state index is 11.0. The molecule has 0 aliphatic heterocycles. The predicted octanol–water partition coefficient (Wildman–Crippen LogP) is 0.977. The molecule has 1 aromatic heterocycles. The van der Waals surface area contributed by atoms with Gasteiger partial charge < -0.3 is 9.78 Å². The molecule has 62 valence electrons. The third kappa shape index (κ3) is 2.20. The van der Waals surface area contributed by atoms with Crippen LogP contribution < -0.4 is 5.56 Å². The molecular weight excluding hydrogens is 154 g/mol. The lowest BCUT2D eigenvalue weighted by molar-refractivity contribution is -0.107. The quantitative estimate of drug-likeness (QED) is 0.675. The summed E-state index contributed by atoms with van der Waals surface area (Å²) in [4.78, 5) is 23.5. The second-order valence-corrected chi connectivity index (χ2v) is 2.26. The average Bonchev–Trinajstić information content (AvgIpc) is 2.09. The first-order chi connectivity index (χ1) is 5.84. The summed E-state index contributed by atoms with van der Waals surface area (Å²) in [5.41, 5.74) is 0.430. The molecule has 0 saturated heterocycles. The Morgan fingerprint density at radius 3 is 3.00 bits per heavy atom. The van der Waals surface area contributed by atoms with Gasteiger partial charge in [0.05, 0.1) is 0 Å². The van der Waals surface area contributed by atoms with Gasteiger partial charge in [-0.25, -0.2) is 0 Å². The van der Waals surface area contributed by atoms with Crippen molar-refractivity contribution < 1.29 is 4.79 Å². The summed E-state index contributed by atoms with van der Waals surface area (Å²) in [7, 11) is 0. The van der Waals surface area contributed by atoms with E-state index >= 15 is 0 Å². The molecule has 1 heterocycles. The zero-order chi connectivity index (χ0) is 8.81. The third-order valence-electron chi connectivity index (χ3n) is 1.38. The number of hydrogen-bond acceptors (Lipinski definition) is 2. The van der Waals surface area contributed by atoms with E-state index in [9.17, 15) is 9.59 Å².